The van der Waals surface area contributed by atoms with Crippen LogP contribution in [0.2, 0.25) is 0 Å². The normalized spacial score (nSPS) is 11.8. The molecule has 0 aliphatic heterocycles. The molecule has 2 aromatic carbocycles. The highest BCUT2D eigenvalue weighted by molar-refractivity contribution is 7.89. The number of alkyl halides is 2. The van der Waals surface area contributed by atoms with Crippen molar-refractivity contribution < 1.29 is 31.5 Å². The van der Waals surface area contributed by atoms with Crippen LogP contribution >= 0.6 is 0 Å². The van der Waals surface area contributed by atoms with E-state index in [-0.39, 0.29) is 28.0 Å². The number of anilines is 1. The zero-order valence-corrected chi connectivity index (χ0v) is 18.6. The molecule has 2 aromatic rings. The molecule has 0 radical (unpaired) electrons. The van der Waals surface area contributed by atoms with E-state index >= 15 is 0 Å². The minimum absolute atomic E-state index is 0.0169. The molecule has 0 aromatic heterocycles. The fraction of sp³-hybridized carbons (Fsp3) is 0.381. The van der Waals surface area contributed by atoms with E-state index in [4.69, 9.17) is 4.74 Å². The second-order valence-corrected chi connectivity index (χ2v) is 8.71. The van der Waals surface area contributed by atoms with Gasteiger partial charge in [-0.05, 0) is 56.3 Å². The fourth-order valence-electron chi connectivity index (χ4n) is 2.82. The zero-order chi connectivity index (χ0) is 23.2. The van der Waals surface area contributed by atoms with E-state index in [2.05, 4.69) is 10.1 Å². The van der Waals surface area contributed by atoms with Crippen LogP contribution in [-0.4, -0.2) is 44.4 Å². The van der Waals surface area contributed by atoms with Crippen molar-refractivity contribution >= 4 is 21.6 Å². The third-order valence-corrected chi connectivity index (χ3v) is 6.29. The van der Waals surface area contributed by atoms with Crippen molar-refractivity contribution in [2.45, 2.75) is 45.3 Å². The van der Waals surface area contributed by atoms with Gasteiger partial charge < -0.3 is 14.8 Å². The van der Waals surface area contributed by atoms with Gasteiger partial charge in [0.05, 0.1) is 16.7 Å². The molecule has 10 heteroatoms. The van der Waals surface area contributed by atoms with Gasteiger partial charge in [0.25, 0.3) is 5.91 Å². The second kappa shape index (κ2) is 10.5. The molecule has 1 amide bonds. The van der Waals surface area contributed by atoms with Crippen LogP contribution in [0.25, 0.3) is 0 Å². The van der Waals surface area contributed by atoms with Crippen molar-refractivity contribution in [3.05, 3.63) is 48.0 Å². The molecule has 0 fully saturated rings. The summed E-state index contributed by atoms with van der Waals surface area (Å²) in [5.41, 5.74) is 0.356. The lowest BCUT2D eigenvalue weighted by Crippen LogP contribution is -2.30. The van der Waals surface area contributed by atoms with Gasteiger partial charge in [0.1, 0.15) is 11.5 Å². The van der Waals surface area contributed by atoms with Crippen LogP contribution in [-0.2, 0) is 10.0 Å². The number of sulfonamides is 1. The fourth-order valence-corrected chi connectivity index (χ4v) is 4.30. The summed E-state index contributed by atoms with van der Waals surface area (Å²) in [7, 11) is -3.75. The maximum atomic E-state index is 12.9. The predicted molar refractivity (Wildman–Crippen MR) is 113 cm³/mol. The van der Waals surface area contributed by atoms with E-state index < -0.39 is 22.5 Å². The van der Waals surface area contributed by atoms with Gasteiger partial charge in [-0.1, -0.05) is 13.8 Å². The molecule has 2 rings (SSSR count). The van der Waals surface area contributed by atoms with Crippen LogP contribution in [0.5, 0.6) is 11.5 Å². The highest BCUT2D eigenvalue weighted by atomic mass is 32.2. The Hall–Kier alpha value is -2.72. The molecule has 0 unspecified atom stereocenters. The van der Waals surface area contributed by atoms with E-state index in [9.17, 15) is 22.0 Å². The summed E-state index contributed by atoms with van der Waals surface area (Å²) in [6, 6.07) is 9.40. The van der Waals surface area contributed by atoms with E-state index in [0.717, 1.165) is 0 Å². The van der Waals surface area contributed by atoms with E-state index in [1.807, 2.05) is 0 Å². The molecule has 0 bridgehead atoms. The third kappa shape index (κ3) is 6.38. The van der Waals surface area contributed by atoms with Gasteiger partial charge in [0.2, 0.25) is 10.0 Å². The molecule has 170 valence electrons. The first-order valence-electron chi connectivity index (χ1n) is 9.75. The molecule has 0 saturated heterocycles. The molecule has 0 atom stereocenters. The van der Waals surface area contributed by atoms with Gasteiger partial charge in [-0.15, -0.1) is 0 Å². The minimum atomic E-state index is -3.75. The van der Waals surface area contributed by atoms with Crippen LogP contribution in [0.15, 0.2) is 47.4 Å². The van der Waals surface area contributed by atoms with Crippen molar-refractivity contribution in [2.24, 2.45) is 0 Å². The summed E-state index contributed by atoms with van der Waals surface area (Å²) in [6.45, 7) is 4.71. The molecule has 0 saturated carbocycles. The lowest BCUT2D eigenvalue weighted by atomic mass is 10.2. The van der Waals surface area contributed by atoms with Crippen molar-refractivity contribution in [1.82, 2.24) is 4.31 Å². The quantitative estimate of drug-likeness (QED) is 0.574. The monoisotopic (exact) mass is 456 g/mol. The lowest BCUT2D eigenvalue weighted by Gasteiger charge is -2.20. The Morgan fingerprint density at radius 2 is 1.65 bits per heavy atom. The van der Waals surface area contributed by atoms with Crippen molar-refractivity contribution in [1.29, 1.82) is 0 Å². The number of ether oxygens (including phenoxy) is 2. The number of nitrogens with zero attached hydrogens (tertiary/aromatic N) is 1. The third-order valence-electron chi connectivity index (χ3n) is 4.25. The summed E-state index contributed by atoms with van der Waals surface area (Å²) in [5, 5.41) is 2.64. The van der Waals surface area contributed by atoms with Crippen LogP contribution in [0, 0.1) is 0 Å². The summed E-state index contributed by atoms with van der Waals surface area (Å²) >= 11 is 0. The summed E-state index contributed by atoms with van der Waals surface area (Å²) in [6.07, 6.45) is -0.216. The Bertz CT molecular complexity index is 991. The van der Waals surface area contributed by atoms with E-state index in [1.54, 1.807) is 27.7 Å². The number of amides is 1. The Morgan fingerprint density at radius 3 is 2.16 bits per heavy atom. The minimum Gasteiger partial charge on any atom is -0.489 e. The average molecular weight is 457 g/mol. The molecular weight excluding hydrogens is 430 g/mol. The summed E-state index contributed by atoms with van der Waals surface area (Å²) < 4.78 is 61.6. The zero-order valence-electron chi connectivity index (χ0n) is 17.8. The molecule has 0 aliphatic rings. The molecule has 31 heavy (non-hydrogen) atoms. The number of halogens is 2. The molecule has 0 aliphatic carbocycles. The Morgan fingerprint density at radius 1 is 1.03 bits per heavy atom. The summed E-state index contributed by atoms with van der Waals surface area (Å²) in [5.74, 6) is -0.336. The topological polar surface area (TPSA) is 84.9 Å². The van der Waals surface area contributed by atoms with Gasteiger partial charge in [-0.25, -0.2) is 8.42 Å². The maximum Gasteiger partial charge on any atom is 0.387 e. The number of hydrogen-bond acceptors (Lipinski definition) is 5. The smallest absolute Gasteiger partial charge is 0.387 e. The first-order valence-corrected chi connectivity index (χ1v) is 11.2. The highest BCUT2D eigenvalue weighted by Crippen LogP contribution is 2.30. The van der Waals surface area contributed by atoms with E-state index in [0.29, 0.717) is 18.8 Å². The number of hydrogen-bond donors (Lipinski definition) is 1. The molecule has 7 nitrogen and oxygen atoms in total. The molecular formula is C21H26F2N2O5S. The largest absolute Gasteiger partial charge is 0.489 e. The SMILES string of the molecule is CCN(CC)S(=O)(=O)c1ccc(OC(C)C)c(NC(=O)c2ccc(OC(F)F)cc2)c1. The average Bonchev–Trinajstić information content (AvgIpc) is 2.69. The Balaban J connectivity index is 2.37. The summed E-state index contributed by atoms with van der Waals surface area (Å²) in [4.78, 5) is 12.7. The Labute approximate surface area is 181 Å². The number of carbonyl (C=O) groups is 1. The first-order chi connectivity index (χ1) is 14.6. The number of nitrogens with one attached hydrogen (secondary N) is 1. The van der Waals surface area contributed by atoms with Gasteiger partial charge in [0.15, 0.2) is 0 Å². The molecule has 0 heterocycles. The van der Waals surface area contributed by atoms with Crippen molar-refractivity contribution in [3.63, 3.8) is 0 Å². The van der Waals surface area contributed by atoms with E-state index in [1.165, 1.54) is 46.8 Å². The maximum absolute atomic E-state index is 12.9. The van der Waals surface area contributed by atoms with Crippen LogP contribution in [0.4, 0.5) is 14.5 Å². The molecule has 1 N–H and O–H groups in total. The number of benzene rings is 2. The Kier molecular flexibility index (Phi) is 8.35. The van der Waals surface area contributed by atoms with Crippen LogP contribution in [0.3, 0.4) is 0 Å². The molecule has 0 spiro atoms. The number of rotatable bonds is 10. The van der Waals surface area contributed by atoms with Crippen molar-refractivity contribution in [3.8, 4) is 11.5 Å². The standard InChI is InChI=1S/C21H26F2N2O5S/c1-5-25(6-2)31(27,28)17-11-12-19(29-14(3)4)18(13-17)24-20(26)15-7-9-16(10-8-15)30-21(22)23/h7-14,21H,5-6H2,1-4H3,(H,24,26). The van der Waals surface area contributed by atoms with Crippen LogP contribution < -0.4 is 14.8 Å². The van der Waals surface area contributed by atoms with Gasteiger partial charge in [-0.2, -0.15) is 13.1 Å². The van der Waals surface area contributed by atoms with Crippen LogP contribution in [0.1, 0.15) is 38.1 Å². The van der Waals surface area contributed by atoms with Crippen molar-refractivity contribution in [2.75, 3.05) is 18.4 Å². The lowest BCUT2D eigenvalue weighted by molar-refractivity contribution is -0.0498. The van der Waals surface area contributed by atoms with Gasteiger partial charge in [0, 0.05) is 18.7 Å². The second-order valence-electron chi connectivity index (χ2n) is 6.77. The predicted octanol–water partition coefficient (Wildman–Crippen LogP) is 4.36. The highest BCUT2D eigenvalue weighted by Gasteiger charge is 2.24. The van der Waals surface area contributed by atoms with Gasteiger partial charge in [-0.3, -0.25) is 4.79 Å². The first kappa shape index (κ1) is 24.5. The van der Waals surface area contributed by atoms with Gasteiger partial charge >= 0.3 is 6.61 Å². The number of carbonyl (C=O) groups excluding carboxylic acids is 1.